The minimum atomic E-state index is -0.730. The maximum absolute atomic E-state index is 11.1. The summed E-state index contributed by atoms with van der Waals surface area (Å²) in [5.74, 6) is -1.04. The van der Waals surface area contributed by atoms with Gasteiger partial charge in [-0.05, 0) is 24.5 Å². The van der Waals surface area contributed by atoms with Crippen molar-refractivity contribution in [1.29, 1.82) is 0 Å². The molecule has 3 heterocycles. The largest absolute Gasteiger partial charge is 0.481 e. The standard InChI is InChI=1S/C17H16N4O2/c1-20-9-14(7-18-20)13-4-5-16-15(8-19-21(16)10-13)11-2-3-12(6-11)17(22)23/h2,4-5,7-10,12H,3,6H2,1H3,(H,22,23). The molecule has 6 heteroatoms. The van der Waals surface area contributed by atoms with Gasteiger partial charge in [-0.3, -0.25) is 9.48 Å². The Labute approximate surface area is 132 Å². The first-order valence-corrected chi connectivity index (χ1v) is 7.50. The second-order valence-electron chi connectivity index (χ2n) is 5.91. The van der Waals surface area contributed by atoms with Crippen molar-refractivity contribution >= 4 is 17.1 Å². The third-order valence-electron chi connectivity index (χ3n) is 4.36. The zero-order chi connectivity index (χ0) is 16.0. The number of carboxylic acid groups (broad SMARTS) is 1. The Morgan fingerprint density at radius 3 is 2.78 bits per heavy atom. The van der Waals surface area contributed by atoms with Crippen LogP contribution in [0.2, 0.25) is 0 Å². The summed E-state index contributed by atoms with van der Waals surface area (Å²) in [7, 11) is 1.89. The van der Waals surface area contributed by atoms with E-state index in [-0.39, 0.29) is 5.92 Å². The van der Waals surface area contributed by atoms with Crippen molar-refractivity contribution in [3.8, 4) is 11.1 Å². The highest BCUT2D eigenvalue weighted by atomic mass is 16.4. The molecule has 0 saturated heterocycles. The summed E-state index contributed by atoms with van der Waals surface area (Å²) < 4.78 is 3.61. The highest BCUT2D eigenvalue weighted by molar-refractivity contribution is 5.84. The van der Waals surface area contributed by atoms with Crippen LogP contribution >= 0.6 is 0 Å². The van der Waals surface area contributed by atoms with Gasteiger partial charge in [0.1, 0.15) is 0 Å². The van der Waals surface area contributed by atoms with Gasteiger partial charge in [0.25, 0.3) is 0 Å². The van der Waals surface area contributed by atoms with E-state index in [9.17, 15) is 4.79 Å². The van der Waals surface area contributed by atoms with Crippen molar-refractivity contribution in [2.75, 3.05) is 0 Å². The van der Waals surface area contributed by atoms with Crippen molar-refractivity contribution in [3.05, 3.63) is 48.6 Å². The zero-order valence-corrected chi connectivity index (χ0v) is 12.7. The first-order chi connectivity index (χ1) is 11.1. The number of hydrogen-bond donors (Lipinski definition) is 1. The number of aromatic nitrogens is 4. The molecular formula is C17H16N4O2. The minimum absolute atomic E-state index is 0.311. The summed E-state index contributed by atoms with van der Waals surface area (Å²) in [6.45, 7) is 0. The molecule has 0 aliphatic heterocycles. The third-order valence-corrected chi connectivity index (χ3v) is 4.36. The molecule has 116 valence electrons. The summed E-state index contributed by atoms with van der Waals surface area (Å²) in [5.41, 5.74) is 5.17. The van der Waals surface area contributed by atoms with E-state index in [1.807, 2.05) is 54.6 Å². The molecule has 0 fully saturated rings. The summed E-state index contributed by atoms with van der Waals surface area (Å²) in [4.78, 5) is 11.1. The van der Waals surface area contributed by atoms with E-state index >= 15 is 0 Å². The molecule has 1 atom stereocenters. The van der Waals surface area contributed by atoms with Gasteiger partial charge in [0.15, 0.2) is 0 Å². The third kappa shape index (κ3) is 2.32. The first-order valence-electron chi connectivity index (χ1n) is 7.50. The van der Waals surface area contributed by atoms with Crippen LogP contribution in [-0.2, 0) is 11.8 Å². The quantitative estimate of drug-likeness (QED) is 0.807. The second kappa shape index (κ2) is 5.08. The number of rotatable bonds is 3. The predicted octanol–water partition coefficient (Wildman–Crippen LogP) is 2.61. The van der Waals surface area contributed by atoms with Crippen molar-refractivity contribution in [2.24, 2.45) is 13.0 Å². The number of fused-ring (bicyclic) bond motifs is 1. The highest BCUT2D eigenvalue weighted by Crippen LogP contribution is 2.34. The van der Waals surface area contributed by atoms with Gasteiger partial charge in [0.2, 0.25) is 0 Å². The average molecular weight is 308 g/mol. The average Bonchev–Trinajstić information content (AvgIpc) is 3.24. The predicted molar refractivity (Wildman–Crippen MR) is 85.7 cm³/mol. The van der Waals surface area contributed by atoms with E-state index in [1.165, 1.54) is 0 Å². The van der Waals surface area contributed by atoms with Crippen LogP contribution in [-0.4, -0.2) is 30.5 Å². The fraction of sp³-hybridized carbons (Fsp3) is 0.235. The lowest BCUT2D eigenvalue weighted by molar-refractivity contribution is -0.141. The van der Waals surface area contributed by atoms with Crippen molar-refractivity contribution in [2.45, 2.75) is 12.8 Å². The van der Waals surface area contributed by atoms with Crippen LogP contribution in [0.25, 0.3) is 22.2 Å². The van der Waals surface area contributed by atoms with E-state index in [0.717, 1.165) is 27.8 Å². The molecule has 1 N–H and O–H groups in total. The Kier molecular flexibility index (Phi) is 3.04. The number of nitrogens with zero attached hydrogens (tertiary/aromatic N) is 4. The molecule has 0 bridgehead atoms. The van der Waals surface area contributed by atoms with Gasteiger partial charge < -0.3 is 5.11 Å². The Morgan fingerprint density at radius 2 is 2.09 bits per heavy atom. The lowest BCUT2D eigenvalue weighted by Gasteiger charge is -2.04. The smallest absolute Gasteiger partial charge is 0.307 e. The van der Waals surface area contributed by atoms with E-state index in [1.54, 1.807) is 4.68 Å². The van der Waals surface area contributed by atoms with Crippen LogP contribution in [0.4, 0.5) is 0 Å². The Hall–Kier alpha value is -2.89. The fourth-order valence-electron chi connectivity index (χ4n) is 3.10. The number of hydrogen-bond acceptors (Lipinski definition) is 3. The summed E-state index contributed by atoms with van der Waals surface area (Å²) in [5, 5.41) is 17.8. The van der Waals surface area contributed by atoms with Crippen LogP contribution < -0.4 is 0 Å². The number of carbonyl (C=O) groups is 1. The summed E-state index contributed by atoms with van der Waals surface area (Å²) in [6, 6.07) is 4.07. The van der Waals surface area contributed by atoms with E-state index in [2.05, 4.69) is 10.2 Å². The number of aliphatic carboxylic acids is 1. The monoisotopic (exact) mass is 308 g/mol. The molecule has 4 rings (SSSR count). The van der Waals surface area contributed by atoms with Crippen LogP contribution in [0, 0.1) is 5.92 Å². The molecule has 3 aromatic heterocycles. The van der Waals surface area contributed by atoms with Gasteiger partial charge in [0.05, 0.1) is 23.8 Å². The topological polar surface area (TPSA) is 72.4 Å². The molecule has 0 radical (unpaired) electrons. The van der Waals surface area contributed by atoms with Crippen LogP contribution in [0.5, 0.6) is 0 Å². The van der Waals surface area contributed by atoms with Gasteiger partial charge in [0, 0.05) is 36.1 Å². The van der Waals surface area contributed by atoms with Crippen molar-refractivity contribution in [1.82, 2.24) is 19.4 Å². The highest BCUT2D eigenvalue weighted by Gasteiger charge is 2.25. The molecule has 3 aromatic rings. The fourth-order valence-corrected chi connectivity index (χ4v) is 3.10. The van der Waals surface area contributed by atoms with Crippen molar-refractivity contribution in [3.63, 3.8) is 0 Å². The molecule has 23 heavy (non-hydrogen) atoms. The minimum Gasteiger partial charge on any atom is -0.481 e. The molecule has 0 amide bonds. The molecule has 0 spiro atoms. The SMILES string of the molecule is Cn1cc(-c2ccc3c(C4=CCC(C(=O)O)C4)cnn3c2)cn1. The summed E-state index contributed by atoms with van der Waals surface area (Å²) in [6.07, 6.45) is 10.8. The molecule has 6 nitrogen and oxygen atoms in total. The van der Waals surface area contributed by atoms with Gasteiger partial charge in [-0.2, -0.15) is 10.2 Å². The van der Waals surface area contributed by atoms with Gasteiger partial charge in [-0.1, -0.05) is 12.1 Å². The van der Waals surface area contributed by atoms with Gasteiger partial charge in [-0.25, -0.2) is 4.52 Å². The maximum Gasteiger partial charge on any atom is 0.307 e. The van der Waals surface area contributed by atoms with Crippen molar-refractivity contribution < 1.29 is 9.90 Å². The number of carboxylic acids is 1. The van der Waals surface area contributed by atoms with Gasteiger partial charge >= 0.3 is 5.97 Å². The second-order valence-corrected chi connectivity index (χ2v) is 5.91. The molecular weight excluding hydrogens is 292 g/mol. The Bertz CT molecular complexity index is 935. The van der Waals surface area contributed by atoms with Crippen LogP contribution in [0.3, 0.4) is 0 Å². The van der Waals surface area contributed by atoms with Crippen LogP contribution in [0.15, 0.2) is 43.0 Å². The van der Waals surface area contributed by atoms with E-state index < -0.39 is 5.97 Å². The van der Waals surface area contributed by atoms with Crippen LogP contribution in [0.1, 0.15) is 18.4 Å². The first kappa shape index (κ1) is 13.8. The Morgan fingerprint density at radius 1 is 1.22 bits per heavy atom. The van der Waals surface area contributed by atoms with Gasteiger partial charge in [-0.15, -0.1) is 0 Å². The van der Waals surface area contributed by atoms with E-state index in [0.29, 0.717) is 12.8 Å². The lowest BCUT2D eigenvalue weighted by Crippen LogP contribution is -2.09. The summed E-state index contributed by atoms with van der Waals surface area (Å²) >= 11 is 0. The maximum atomic E-state index is 11.1. The molecule has 1 aliphatic carbocycles. The molecule has 0 saturated carbocycles. The molecule has 1 aliphatic rings. The Balaban J connectivity index is 1.70. The zero-order valence-electron chi connectivity index (χ0n) is 12.7. The molecule has 0 aromatic carbocycles. The van der Waals surface area contributed by atoms with E-state index in [4.69, 9.17) is 5.11 Å². The number of pyridine rings is 1. The normalized spacial score (nSPS) is 17.6. The molecule has 1 unspecified atom stereocenters. The number of aryl methyl sites for hydroxylation is 1. The lowest BCUT2D eigenvalue weighted by atomic mass is 10.0. The number of allylic oxidation sites excluding steroid dienone is 2.